The number of nitrogens with zero attached hydrogens (tertiary/aromatic N) is 1. The normalized spacial score (nSPS) is 11.7. The van der Waals surface area contributed by atoms with Gasteiger partial charge in [0.15, 0.2) is 0 Å². The van der Waals surface area contributed by atoms with E-state index in [1.807, 2.05) is 0 Å². The van der Waals surface area contributed by atoms with Crippen LogP contribution in [0.3, 0.4) is 0 Å². The number of nitrogens with one attached hydrogen (secondary N) is 2. The van der Waals surface area contributed by atoms with Crippen molar-refractivity contribution in [3.8, 4) is 0 Å². The average molecular weight is 209 g/mol. The molecule has 1 aromatic rings. The highest BCUT2D eigenvalue weighted by Crippen LogP contribution is 2.03. The molecule has 0 aromatic carbocycles. The van der Waals surface area contributed by atoms with Crippen LogP contribution in [0.5, 0.6) is 0 Å². The second-order valence-electron chi connectivity index (χ2n) is 2.86. The molecule has 0 spiro atoms. The van der Waals surface area contributed by atoms with E-state index in [0.717, 1.165) is 0 Å². The summed E-state index contributed by atoms with van der Waals surface area (Å²) in [5.74, 6) is -0.787. The Balaban J connectivity index is 2.78. The maximum Gasteiger partial charge on any atom is 0.326 e. The van der Waals surface area contributed by atoms with Crippen molar-refractivity contribution >= 4 is 11.8 Å². The fraction of sp³-hybridized carbons (Fsp3) is 0.222. The molecule has 6 heteroatoms. The van der Waals surface area contributed by atoms with E-state index in [-0.39, 0.29) is 17.8 Å². The molecule has 3 N–H and O–H groups in total. The third kappa shape index (κ3) is 3.26. The van der Waals surface area contributed by atoms with Crippen molar-refractivity contribution in [2.45, 2.75) is 12.5 Å². The maximum atomic E-state index is 10.9. The van der Waals surface area contributed by atoms with E-state index in [1.165, 1.54) is 18.5 Å². The fourth-order valence-electron chi connectivity index (χ4n) is 1.01. The third-order valence-corrected chi connectivity index (χ3v) is 1.70. The molecule has 1 aromatic heterocycles. The van der Waals surface area contributed by atoms with Crippen LogP contribution < -0.4 is 10.9 Å². The topological polar surface area (TPSA) is 95.1 Å². The van der Waals surface area contributed by atoms with Gasteiger partial charge in [-0.1, -0.05) is 6.08 Å². The van der Waals surface area contributed by atoms with Crippen molar-refractivity contribution in [2.75, 3.05) is 5.32 Å². The lowest BCUT2D eigenvalue weighted by Crippen LogP contribution is -2.29. The number of aliphatic carboxylic acids is 1. The van der Waals surface area contributed by atoms with E-state index in [9.17, 15) is 9.59 Å². The molecular weight excluding hydrogens is 198 g/mol. The first kappa shape index (κ1) is 11.0. The monoisotopic (exact) mass is 209 g/mol. The number of H-pyrrole nitrogens is 1. The first-order valence-corrected chi connectivity index (χ1v) is 4.28. The molecular formula is C9H11N3O3. The molecule has 0 aliphatic rings. The quantitative estimate of drug-likeness (QED) is 0.602. The predicted molar refractivity (Wildman–Crippen MR) is 54.7 cm³/mol. The van der Waals surface area contributed by atoms with Crippen LogP contribution in [-0.2, 0) is 4.79 Å². The van der Waals surface area contributed by atoms with Gasteiger partial charge in [0, 0.05) is 6.07 Å². The first-order valence-electron chi connectivity index (χ1n) is 4.28. The maximum absolute atomic E-state index is 10.9. The Hall–Kier alpha value is -2.11. The van der Waals surface area contributed by atoms with Gasteiger partial charge in [0.2, 0.25) is 0 Å². The van der Waals surface area contributed by atoms with Crippen LogP contribution in [0.2, 0.25) is 0 Å². The Morgan fingerprint density at radius 1 is 1.80 bits per heavy atom. The summed E-state index contributed by atoms with van der Waals surface area (Å²) in [4.78, 5) is 27.8. The van der Waals surface area contributed by atoms with Crippen molar-refractivity contribution in [3.05, 3.63) is 35.4 Å². The highest BCUT2D eigenvalue weighted by Gasteiger charge is 2.15. The number of hydrogen-bond acceptors (Lipinski definition) is 4. The molecule has 80 valence electrons. The zero-order valence-electron chi connectivity index (χ0n) is 7.93. The lowest BCUT2D eigenvalue weighted by Gasteiger charge is -2.12. The van der Waals surface area contributed by atoms with E-state index < -0.39 is 12.0 Å². The minimum absolute atomic E-state index is 0.230. The highest BCUT2D eigenvalue weighted by atomic mass is 16.4. The summed E-state index contributed by atoms with van der Waals surface area (Å²) in [5.41, 5.74) is -0.338. The van der Waals surface area contributed by atoms with Gasteiger partial charge in [0.25, 0.3) is 5.56 Å². The molecule has 6 nitrogen and oxygen atoms in total. The summed E-state index contributed by atoms with van der Waals surface area (Å²) in [6.45, 7) is 3.45. The molecule has 0 bridgehead atoms. The van der Waals surface area contributed by atoms with Crippen LogP contribution in [0.1, 0.15) is 6.42 Å². The Morgan fingerprint density at radius 2 is 2.53 bits per heavy atom. The molecule has 0 aliphatic carbocycles. The minimum atomic E-state index is -1.02. The molecule has 0 fully saturated rings. The molecule has 0 saturated carbocycles. The van der Waals surface area contributed by atoms with E-state index in [4.69, 9.17) is 5.11 Å². The SMILES string of the molecule is C=CCC(Nc1cc(=O)[nH]cn1)C(=O)O. The Kier molecular flexibility index (Phi) is 3.61. The number of hydrogen-bond donors (Lipinski definition) is 3. The second-order valence-corrected chi connectivity index (χ2v) is 2.86. The van der Waals surface area contributed by atoms with Crippen molar-refractivity contribution in [1.82, 2.24) is 9.97 Å². The van der Waals surface area contributed by atoms with Gasteiger partial charge < -0.3 is 15.4 Å². The summed E-state index contributed by atoms with van der Waals surface area (Å²) in [7, 11) is 0. The largest absolute Gasteiger partial charge is 0.480 e. The molecule has 1 rings (SSSR count). The van der Waals surface area contributed by atoms with Gasteiger partial charge in [0.05, 0.1) is 6.33 Å². The number of aromatic nitrogens is 2. The van der Waals surface area contributed by atoms with E-state index >= 15 is 0 Å². The highest BCUT2D eigenvalue weighted by molar-refractivity contribution is 5.77. The summed E-state index contributed by atoms with van der Waals surface area (Å²) in [5, 5.41) is 11.4. The number of anilines is 1. The zero-order valence-corrected chi connectivity index (χ0v) is 7.93. The van der Waals surface area contributed by atoms with Gasteiger partial charge in [-0.15, -0.1) is 6.58 Å². The molecule has 1 unspecified atom stereocenters. The lowest BCUT2D eigenvalue weighted by molar-refractivity contribution is -0.137. The molecule has 0 aliphatic heterocycles. The fourth-order valence-corrected chi connectivity index (χ4v) is 1.01. The summed E-state index contributed by atoms with van der Waals surface area (Å²) >= 11 is 0. The van der Waals surface area contributed by atoms with Gasteiger partial charge in [-0.05, 0) is 6.42 Å². The lowest BCUT2D eigenvalue weighted by atomic mass is 10.2. The van der Waals surface area contributed by atoms with E-state index in [0.29, 0.717) is 0 Å². The molecule has 0 saturated heterocycles. The van der Waals surface area contributed by atoms with Gasteiger partial charge >= 0.3 is 5.97 Å². The molecule has 0 radical (unpaired) electrons. The number of carbonyl (C=O) groups is 1. The van der Waals surface area contributed by atoms with Gasteiger partial charge in [0.1, 0.15) is 11.9 Å². The number of carboxylic acid groups (broad SMARTS) is 1. The molecule has 1 atom stereocenters. The van der Waals surface area contributed by atoms with E-state index in [1.54, 1.807) is 0 Å². The van der Waals surface area contributed by atoms with Gasteiger partial charge in [-0.25, -0.2) is 9.78 Å². The average Bonchev–Trinajstić information content (AvgIpc) is 2.17. The Morgan fingerprint density at radius 3 is 3.07 bits per heavy atom. The van der Waals surface area contributed by atoms with Crippen LogP contribution in [-0.4, -0.2) is 27.1 Å². The molecule has 15 heavy (non-hydrogen) atoms. The van der Waals surface area contributed by atoms with Gasteiger partial charge in [-0.2, -0.15) is 0 Å². The summed E-state index contributed by atoms with van der Waals surface area (Å²) in [6, 6.07) is 0.371. The smallest absolute Gasteiger partial charge is 0.326 e. The summed E-state index contributed by atoms with van der Waals surface area (Å²) in [6.07, 6.45) is 2.94. The van der Waals surface area contributed by atoms with Crippen LogP contribution in [0.15, 0.2) is 29.8 Å². The minimum Gasteiger partial charge on any atom is -0.480 e. The van der Waals surface area contributed by atoms with E-state index in [2.05, 4.69) is 21.9 Å². The van der Waals surface area contributed by atoms with Crippen molar-refractivity contribution < 1.29 is 9.90 Å². The van der Waals surface area contributed by atoms with Crippen LogP contribution in [0, 0.1) is 0 Å². The Labute approximate surface area is 85.7 Å². The van der Waals surface area contributed by atoms with Crippen molar-refractivity contribution in [2.24, 2.45) is 0 Å². The third-order valence-electron chi connectivity index (χ3n) is 1.70. The van der Waals surface area contributed by atoms with Crippen LogP contribution >= 0.6 is 0 Å². The van der Waals surface area contributed by atoms with Crippen LogP contribution in [0.4, 0.5) is 5.82 Å². The first-order chi connectivity index (χ1) is 7.13. The number of aromatic amines is 1. The molecule has 0 amide bonds. The van der Waals surface area contributed by atoms with Gasteiger partial charge in [-0.3, -0.25) is 4.79 Å². The van der Waals surface area contributed by atoms with Crippen molar-refractivity contribution in [3.63, 3.8) is 0 Å². The van der Waals surface area contributed by atoms with Crippen LogP contribution in [0.25, 0.3) is 0 Å². The van der Waals surface area contributed by atoms with Crippen molar-refractivity contribution in [1.29, 1.82) is 0 Å². The number of rotatable bonds is 5. The summed E-state index contributed by atoms with van der Waals surface area (Å²) < 4.78 is 0. The molecule has 1 heterocycles. The zero-order chi connectivity index (χ0) is 11.3. The second kappa shape index (κ2) is 4.94. The Bertz CT molecular complexity index is 413. The number of carboxylic acids is 1. The standard InChI is InChI=1S/C9H11N3O3/c1-2-3-6(9(14)15)12-7-4-8(13)11-5-10-7/h2,4-6H,1,3H2,(H,14,15)(H2,10,11,12,13). The predicted octanol–water partition coefficient (Wildman–Crippen LogP) is 0.211.